The summed E-state index contributed by atoms with van der Waals surface area (Å²) in [6.45, 7) is 1.81. The molecule has 1 atom stereocenters. The van der Waals surface area contributed by atoms with Gasteiger partial charge in [0, 0.05) is 18.2 Å². The highest BCUT2D eigenvalue weighted by Gasteiger charge is 2.22. The highest BCUT2D eigenvalue weighted by atomic mass is 16.4. The van der Waals surface area contributed by atoms with Crippen LogP contribution in [-0.4, -0.2) is 29.9 Å². The molecule has 0 fully saturated rings. The maximum absolute atomic E-state index is 12.7. The normalized spacial score (nSPS) is 12.2. The Bertz CT molecular complexity index is 839. The van der Waals surface area contributed by atoms with Crippen LogP contribution >= 0.6 is 0 Å². The van der Waals surface area contributed by atoms with Crippen LogP contribution in [0.1, 0.15) is 17.5 Å². The van der Waals surface area contributed by atoms with Crippen molar-refractivity contribution in [3.8, 4) is 11.3 Å². The number of nitrogens with one attached hydrogen (secondary N) is 1. The second kappa shape index (κ2) is 7.32. The number of rotatable bonds is 5. The Morgan fingerprint density at radius 2 is 1.76 bits per heavy atom. The fraction of sp³-hybridized carbons (Fsp3) is 0.200. The minimum atomic E-state index is -0.349. The highest BCUT2D eigenvalue weighted by molar-refractivity contribution is 5.95. The van der Waals surface area contributed by atoms with Gasteiger partial charge in [-0.3, -0.25) is 9.69 Å². The molecule has 5 heteroatoms. The lowest BCUT2D eigenvalue weighted by molar-refractivity contribution is -0.120. The van der Waals surface area contributed by atoms with Gasteiger partial charge in [0.15, 0.2) is 11.7 Å². The third-order valence-electron chi connectivity index (χ3n) is 3.94. The molecule has 0 bridgehead atoms. The predicted molar refractivity (Wildman–Crippen MR) is 98.2 cm³/mol. The molecule has 25 heavy (non-hydrogen) atoms. The summed E-state index contributed by atoms with van der Waals surface area (Å²) in [5.74, 6) is 1.27. The molecule has 3 rings (SSSR count). The van der Waals surface area contributed by atoms with Gasteiger partial charge in [0.05, 0.1) is 6.20 Å². The van der Waals surface area contributed by atoms with E-state index < -0.39 is 0 Å². The molecule has 1 heterocycles. The van der Waals surface area contributed by atoms with E-state index in [0.717, 1.165) is 16.8 Å². The van der Waals surface area contributed by atoms with Crippen LogP contribution in [-0.2, 0) is 4.79 Å². The molecule has 0 aliphatic carbocycles. The molecule has 1 aromatic heterocycles. The maximum atomic E-state index is 12.7. The molecule has 128 valence electrons. The Hall–Kier alpha value is -2.92. The molecule has 0 aliphatic heterocycles. The van der Waals surface area contributed by atoms with E-state index in [9.17, 15) is 4.79 Å². The number of oxazole rings is 1. The quantitative estimate of drug-likeness (QED) is 0.768. The lowest BCUT2D eigenvalue weighted by Crippen LogP contribution is -2.32. The average molecular weight is 335 g/mol. The third kappa shape index (κ3) is 3.95. The van der Waals surface area contributed by atoms with Crippen molar-refractivity contribution in [2.45, 2.75) is 13.0 Å². The fourth-order valence-corrected chi connectivity index (χ4v) is 2.74. The van der Waals surface area contributed by atoms with Crippen LogP contribution < -0.4 is 5.32 Å². The van der Waals surface area contributed by atoms with Crippen molar-refractivity contribution in [2.24, 2.45) is 0 Å². The standard InChI is InChI=1S/C20H21N3O2/c1-14-21-13-18(25-14)15-9-11-17(12-10-15)22-20(24)19(23(2)3)16-7-5-4-6-8-16/h4-13,19H,1-3H3,(H,22,24)/t19-/m1/s1. The van der Waals surface area contributed by atoms with Crippen LogP contribution in [0.4, 0.5) is 5.69 Å². The zero-order valence-electron chi connectivity index (χ0n) is 14.6. The van der Waals surface area contributed by atoms with Gasteiger partial charge in [0.1, 0.15) is 6.04 Å². The first-order valence-electron chi connectivity index (χ1n) is 8.09. The average Bonchev–Trinajstić information content (AvgIpc) is 3.03. The number of nitrogens with zero attached hydrogens (tertiary/aromatic N) is 2. The van der Waals surface area contributed by atoms with E-state index in [2.05, 4.69) is 10.3 Å². The lowest BCUT2D eigenvalue weighted by atomic mass is 10.1. The second-order valence-corrected chi connectivity index (χ2v) is 6.09. The van der Waals surface area contributed by atoms with Crippen LogP contribution in [0.15, 0.2) is 65.2 Å². The number of likely N-dealkylation sites (N-methyl/N-ethyl adjacent to an activating group) is 1. The Labute approximate surface area is 147 Å². The Morgan fingerprint density at radius 1 is 1.08 bits per heavy atom. The van der Waals surface area contributed by atoms with Crippen LogP contribution in [0.3, 0.4) is 0 Å². The molecule has 2 aromatic carbocycles. The van der Waals surface area contributed by atoms with Crippen LogP contribution in [0, 0.1) is 6.92 Å². The highest BCUT2D eigenvalue weighted by Crippen LogP contribution is 2.24. The Kier molecular flexibility index (Phi) is 4.95. The molecule has 3 aromatic rings. The number of aryl methyl sites for hydroxylation is 1. The van der Waals surface area contributed by atoms with E-state index in [0.29, 0.717) is 11.7 Å². The fourth-order valence-electron chi connectivity index (χ4n) is 2.74. The van der Waals surface area contributed by atoms with E-state index in [4.69, 9.17) is 4.42 Å². The number of hydrogen-bond donors (Lipinski definition) is 1. The molecule has 0 aliphatic rings. The number of aromatic nitrogens is 1. The summed E-state index contributed by atoms with van der Waals surface area (Å²) in [4.78, 5) is 18.7. The summed E-state index contributed by atoms with van der Waals surface area (Å²) in [6, 6.07) is 16.9. The van der Waals surface area contributed by atoms with E-state index in [1.807, 2.05) is 80.5 Å². The van der Waals surface area contributed by atoms with Gasteiger partial charge in [-0.1, -0.05) is 30.3 Å². The maximum Gasteiger partial charge on any atom is 0.246 e. The van der Waals surface area contributed by atoms with Gasteiger partial charge >= 0.3 is 0 Å². The Balaban J connectivity index is 1.75. The van der Waals surface area contributed by atoms with E-state index in [1.165, 1.54) is 0 Å². The van der Waals surface area contributed by atoms with Crippen molar-refractivity contribution in [1.29, 1.82) is 0 Å². The summed E-state index contributed by atoms with van der Waals surface area (Å²) < 4.78 is 5.51. The largest absolute Gasteiger partial charge is 0.441 e. The second-order valence-electron chi connectivity index (χ2n) is 6.09. The van der Waals surface area contributed by atoms with Gasteiger partial charge in [-0.05, 0) is 43.9 Å². The molecular formula is C20H21N3O2. The first kappa shape index (κ1) is 16.9. The van der Waals surface area contributed by atoms with Gasteiger partial charge in [0.25, 0.3) is 0 Å². The van der Waals surface area contributed by atoms with Crippen molar-refractivity contribution in [3.63, 3.8) is 0 Å². The van der Waals surface area contributed by atoms with Crippen molar-refractivity contribution in [2.75, 3.05) is 19.4 Å². The van der Waals surface area contributed by atoms with Crippen molar-refractivity contribution < 1.29 is 9.21 Å². The summed E-state index contributed by atoms with van der Waals surface area (Å²) in [5.41, 5.74) is 2.62. The SMILES string of the molecule is Cc1ncc(-c2ccc(NC(=O)[C@@H](c3ccccc3)N(C)C)cc2)o1. The van der Waals surface area contributed by atoms with E-state index in [1.54, 1.807) is 6.20 Å². The smallest absolute Gasteiger partial charge is 0.246 e. The minimum Gasteiger partial charge on any atom is -0.441 e. The van der Waals surface area contributed by atoms with Crippen molar-refractivity contribution >= 4 is 11.6 Å². The van der Waals surface area contributed by atoms with Crippen LogP contribution in [0.25, 0.3) is 11.3 Å². The molecule has 0 spiro atoms. The van der Waals surface area contributed by atoms with E-state index >= 15 is 0 Å². The summed E-state index contributed by atoms with van der Waals surface area (Å²) in [6.07, 6.45) is 1.69. The number of amides is 1. The zero-order valence-corrected chi connectivity index (χ0v) is 14.6. The van der Waals surface area contributed by atoms with Crippen LogP contribution in [0.2, 0.25) is 0 Å². The molecule has 0 unspecified atom stereocenters. The molecule has 0 saturated carbocycles. The Morgan fingerprint density at radius 3 is 2.32 bits per heavy atom. The van der Waals surface area contributed by atoms with Gasteiger partial charge < -0.3 is 9.73 Å². The zero-order chi connectivity index (χ0) is 17.8. The lowest BCUT2D eigenvalue weighted by Gasteiger charge is -2.23. The molecule has 5 nitrogen and oxygen atoms in total. The van der Waals surface area contributed by atoms with Crippen LogP contribution in [0.5, 0.6) is 0 Å². The molecular weight excluding hydrogens is 314 g/mol. The predicted octanol–water partition coefficient (Wildman–Crippen LogP) is 3.89. The molecule has 0 radical (unpaired) electrons. The first-order chi connectivity index (χ1) is 12.0. The third-order valence-corrected chi connectivity index (χ3v) is 3.94. The number of hydrogen-bond acceptors (Lipinski definition) is 4. The summed E-state index contributed by atoms with van der Waals surface area (Å²) in [7, 11) is 3.79. The monoisotopic (exact) mass is 335 g/mol. The number of anilines is 1. The van der Waals surface area contributed by atoms with Crippen molar-refractivity contribution in [3.05, 3.63) is 72.2 Å². The van der Waals surface area contributed by atoms with Gasteiger partial charge in [-0.15, -0.1) is 0 Å². The summed E-state index contributed by atoms with van der Waals surface area (Å²) >= 11 is 0. The molecule has 1 N–H and O–H groups in total. The van der Waals surface area contributed by atoms with Gasteiger partial charge in [0.2, 0.25) is 5.91 Å². The number of benzene rings is 2. The first-order valence-corrected chi connectivity index (χ1v) is 8.09. The topological polar surface area (TPSA) is 58.4 Å². The molecule has 0 saturated heterocycles. The number of carbonyl (C=O) groups excluding carboxylic acids is 1. The summed E-state index contributed by atoms with van der Waals surface area (Å²) in [5, 5.41) is 2.98. The van der Waals surface area contributed by atoms with Gasteiger partial charge in [-0.25, -0.2) is 4.98 Å². The van der Waals surface area contributed by atoms with Crippen molar-refractivity contribution in [1.82, 2.24) is 9.88 Å². The van der Waals surface area contributed by atoms with E-state index in [-0.39, 0.29) is 11.9 Å². The van der Waals surface area contributed by atoms with Gasteiger partial charge in [-0.2, -0.15) is 0 Å². The minimum absolute atomic E-state index is 0.0699. The molecule has 1 amide bonds. The number of carbonyl (C=O) groups is 1.